The Labute approximate surface area is 107 Å². The highest BCUT2D eigenvalue weighted by Gasteiger charge is 2.08. The highest BCUT2D eigenvalue weighted by atomic mass is 32.1. The van der Waals surface area contributed by atoms with Gasteiger partial charge >= 0.3 is 0 Å². The van der Waals surface area contributed by atoms with Crippen molar-refractivity contribution in [2.45, 2.75) is 13.0 Å². The van der Waals surface area contributed by atoms with Crippen molar-refractivity contribution in [2.75, 3.05) is 26.0 Å². The van der Waals surface area contributed by atoms with Crippen LogP contribution in [-0.4, -0.2) is 36.6 Å². The van der Waals surface area contributed by atoms with E-state index in [4.69, 9.17) is 18.0 Å². The summed E-state index contributed by atoms with van der Waals surface area (Å²) >= 11 is 4.75. The van der Waals surface area contributed by atoms with Crippen molar-refractivity contribution in [2.24, 2.45) is 5.73 Å². The summed E-state index contributed by atoms with van der Waals surface area (Å²) in [6.07, 6.45) is 0. The van der Waals surface area contributed by atoms with Crippen LogP contribution in [0.1, 0.15) is 12.5 Å². The third-order valence-corrected chi connectivity index (χ3v) is 2.51. The Morgan fingerprint density at radius 3 is 2.65 bits per heavy atom. The van der Waals surface area contributed by atoms with Crippen molar-refractivity contribution >= 4 is 22.9 Å². The first kappa shape index (κ1) is 13.9. The molecule has 0 aromatic heterocycles. The second kappa shape index (κ2) is 5.93. The lowest BCUT2D eigenvalue weighted by molar-refractivity contribution is 0.392. The first-order chi connectivity index (χ1) is 7.90. The van der Waals surface area contributed by atoms with Crippen LogP contribution in [0.15, 0.2) is 18.2 Å². The monoisotopic (exact) mass is 255 g/mol. The van der Waals surface area contributed by atoms with E-state index in [0.717, 1.165) is 12.2 Å². The third kappa shape index (κ3) is 4.28. The first-order valence-electron chi connectivity index (χ1n) is 5.40. The average Bonchev–Trinajstić information content (AvgIpc) is 2.15. The molecular formula is C12H18FN3S. The molecular weight excluding hydrogens is 237 g/mol. The quantitative estimate of drug-likeness (QED) is 0.788. The van der Waals surface area contributed by atoms with Gasteiger partial charge in [0.25, 0.3) is 0 Å². The minimum absolute atomic E-state index is 0.0791. The molecule has 1 aromatic carbocycles. The number of nitrogens with one attached hydrogen (secondary N) is 1. The molecule has 0 saturated heterocycles. The van der Waals surface area contributed by atoms with Crippen LogP contribution < -0.4 is 11.1 Å². The summed E-state index contributed by atoms with van der Waals surface area (Å²) in [4.78, 5) is 2.15. The molecule has 3 N–H and O–H groups in total. The molecule has 0 spiro atoms. The Balaban J connectivity index is 2.74. The maximum absolute atomic E-state index is 13.6. The molecule has 1 atom stereocenters. The van der Waals surface area contributed by atoms with Gasteiger partial charge in [0.2, 0.25) is 0 Å². The number of benzene rings is 1. The molecule has 3 nitrogen and oxygen atoms in total. The number of rotatable bonds is 5. The summed E-state index contributed by atoms with van der Waals surface area (Å²) in [5.41, 5.74) is 6.41. The predicted octanol–water partition coefficient (Wildman–Crippen LogP) is 1.82. The maximum Gasteiger partial charge on any atom is 0.135 e. The zero-order valence-electron chi connectivity index (χ0n) is 10.3. The van der Waals surface area contributed by atoms with Crippen LogP contribution in [0.2, 0.25) is 0 Å². The summed E-state index contributed by atoms with van der Waals surface area (Å²) < 4.78 is 13.6. The van der Waals surface area contributed by atoms with Gasteiger partial charge in [-0.15, -0.1) is 0 Å². The van der Waals surface area contributed by atoms with Crippen LogP contribution in [0.4, 0.5) is 10.1 Å². The Kier molecular flexibility index (Phi) is 4.84. The SMILES string of the molecule is CC(CN(C)C)Nc1ccc(C(N)=S)c(F)c1. The number of anilines is 1. The van der Waals surface area contributed by atoms with Gasteiger partial charge in [0, 0.05) is 23.8 Å². The molecule has 0 fully saturated rings. The number of halogens is 1. The van der Waals surface area contributed by atoms with Crippen molar-refractivity contribution in [1.82, 2.24) is 4.90 Å². The van der Waals surface area contributed by atoms with E-state index in [1.165, 1.54) is 6.07 Å². The van der Waals surface area contributed by atoms with E-state index in [0.29, 0.717) is 0 Å². The number of hydrogen-bond acceptors (Lipinski definition) is 3. The lowest BCUT2D eigenvalue weighted by Gasteiger charge is -2.19. The largest absolute Gasteiger partial charge is 0.389 e. The lowest BCUT2D eigenvalue weighted by atomic mass is 10.2. The van der Waals surface area contributed by atoms with E-state index in [2.05, 4.69) is 10.2 Å². The molecule has 1 rings (SSSR count). The molecule has 5 heteroatoms. The summed E-state index contributed by atoms with van der Waals surface area (Å²) in [6, 6.07) is 5.03. The Morgan fingerprint density at radius 1 is 1.53 bits per heavy atom. The normalized spacial score (nSPS) is 12.5. The van der Waals surface area contributed by atoms with E-state index >= 15 is 0 Å². The number of nitrogens with zero attached hydrogens (tertiary/aromatic N) is 1. The molecule has 0 bridgehead atoms. The fourth-order valence-corrected chi connectivity index (χ4v) is 1.85. The van der Waals surface area contributed by atoms with Crippen molar-refractivity contribution in [3.05, 3.63) is 29.6 Å². The highest BCUT2D eigenvalue weighted by Crippen LogP contribution is 2.15. The second-order valence-corrected chi connectivity index (χ2v) is 4.81. The van der Waals surface area contributed by atoms with Gasteiger partial charge in [-0.1, -0.05) is 12.2 Å². The van der Waals surface area contributed by atoms with Gasteiger partial charge in [-0.3, -0.25) is 0 Å². The number of likely N-dealkylation sites (N-methyl/N-ethyl adjacent to an activating group) is 1. The number of thiocarbonyl (C=S) groups is 1. The number of hydrogen-bond donors (Lipinski definition) is 2. The number of nitrogens with two attached hydrogens (primary N) is 1. The van der Waals surface area contributed by atoms with Gasteiger partial charge in [-0.25, -0.2) is 4.39 Å². The molecule has 17 heavy (non-hydrogen) atoms. The molecule has 94 valence electrons. The van der Waals surface area contributed by atoms with E-state index in [9.17, 15) is 4.39 Å². The van der Waals surface area contributed by atoms with Crippen molar-refractivity contribution in [3.63, 3.8) is 0 Å². The summed E-state index contributed by atoms with van der Waals surface area (Å²) in [6.45, 7) is 2.91. The van der Waals surface area contributed by atoms with E-state index in [-0.39, 0.29) is 22.4 Å². The molecule has 0 heterocycles. The fourth-order valence-electron chi connectivity index (χ4n) is 1.68. The standard InChI is InChI=1S/C12H18FN3S/c1-8(7-16(2)3)15-9-4-5-10(12(14)17)11(13)6-9/h4-6,8,15H,7H2,1-3H3,(H2,14,17). The Morgan fingerprint density at radius 2 is 2.18 bits per heavy atom. The van der Waals surface area contributed by atoms with Crippen LogP contribution >= 0.6 is 12.2 Å². The third-order valence-electron chi connectivity index (χ3n) is 2.29. The molecule has 1 unspecified atom stereocenters. The first-order valence-corrected chi connectivity index (χ1v) is 5.81. The molecule has 0 saturated carbocycles. The van der Waals surface area contributed by atoms with Gasteiger partial charge in [-0.05, 0) is 39.2 Å². The van der Waals surface area contributed by atoms with Crippen LogP contribution in [0, 0.1) is 5.82 Å². The minimum Gasteiger partial charge on any atom is -0.389 e. The van der Waals surface area contributed by atoms with Crippen LogP contribution in [0.5, 0.6) is 0 Å². The topological polar surface area (TPSA) is 41.3 Å². The van der Waals surface area contributed by atoms with Gasteiger partial charge in [0.1, 0.15) is 10.8 Å². The second-order valence-electron chi connectivity index (χ2n) is 4.37. The van der Waals surface area contributed by atoms with Gasteiger partial charge < -0.3 is 16.0 Å². The summed E-state index contributed by atoms with van der Waals surface area (Å²) in [5, 5.41) is 3.21. The molecule has 0 amide bonds. The Hall–Kier alpha value is -1.20. The van der Waals surface area contributed by atoms with Gasteiger partial charge in [-0.2, -0.15) is 0 Å². The predicted molar refractivity (Wildman–Crippen MR) is 73.9 cm³/mol. The van der Waals surface area contributed by atoms with Gasteiger partial charge in [0.15, 0.2) is 0 Å². The zero-order chi connectivity index (χ0) is 13.0. The Bertz CT molecular complexity index is 407. The summed E-state index contributed by atoms with van der Waals surface area (Å²) in [7, 11) is 3.99. The van der Waals surface area contributed by atoms with E-state index < -0.39 is 0 Å². The molecule has 0 aliphatic rings. The van der Waals surface area contributed by atoms with Gasteiger partial charge in [0.05, 0.1) is 0 Å². The molecule has 1 aromatic rings. The fraction of sp³-hybridized carbons (Fsp3) is 0.417. The maximum atomic E-state index is 13.6. The van der Waals surface area contributed by atoms with Crippen LogP contribution in [0.25, 0.3) is 0 Å². The molecule has 0 aliphatic carbocycles. The zero-order valence-corrected chi connectivity index (χ0v) is 11.1. The van der Waals surface area contributed by atoms with E-state index in [1.807, 2.05) is 21.0 Å². The van der Waals surface area contributed by atoms with Crippen LogP contribution in [-0.2, 0) is 0 Å². The lowest BCUT2D eigenvalue weighted by Crippen LogP contribution is -2.29. The minimum atomic E-state index is -0.389. The van der Waals surface area contributed by atoms with Crippen molar-refractivity contribution in [3.8, 4) is 0 Å². The smallest absolute Gasteiger partial charge is 0.135 e. The highest BCUT2D eigenvalue weighted by molar-refractivity contribution is 7.80. The van der Waals surface area contributed by atoms with Crippen molar-refractivity contribution in [1.29, 1.82) is 0 Å². The van der Waals surface area contributed by atoms with Crippen LogP contribution in [0.3, 0.4) is 0 Å². The van der Waals surface area contributed by atoms with Crippen molar-refractivity contribution < 1.29 is 4.39 Å². The molecule has 0 aliphatic heterocycles. The summed E-state index contributed by atoms with van der Waals surface area (Å²) in [5.74, 6) is -0.389. The van der Waals surface area contributed by atoms with E-state index in [1.54, 1.807) is 12.1 Å². The molecule has 0 radical (unpaired) electrons. The average molecular weight is 255 g/mol.